The number of aromatic hydroxyl groups is 1. The minimum atomic E-state index is -0.160. The fourth-order valence-corrected chi connectivity index (χ4v) is 2.53. The average Bonchev–Trinajstić information content (AvgIpc) is 2.63. The fourth-order valence-electron chi connectivity index (χ4n) is 2.53. The predicted octanol–water partition coefficient (Wildman–Crippen LogP) is 3.71. The van der Waals surface area contributed by atoms with Crippen LogP contribution in [0, 0.1) is 0 Å². The summed E-state index contributed by atoms with van der Waals surface area (Å²) in [5.41, 5.74) is 3.05. The second-order valence-corrected chi connectivity index (χ2v) is 5.73. The number of aromatic nitrogens is 1. The van der Waals surface area contributed by atoms with Gasteiger partial charge in [0.15, 0.2) is 11.5 Å². The molecule has 2 aromatic carbocycles. The van der Waals surface area contributed by atoms with Crippen LogP contribution in [0.15, 0.2) is 48.5 Å². The third-order valence-electron chi connectivity index (χ3n) is 3.86. The maximum atomic E-state index is 10.8. The quantitative estimate of drug-likeness (QED) is 0.721. The molecule has 126 valence electrons. The zero-order valence-corrected chi connectivity index (χ0v) is 14.0. The zero-order valence-electron chi connectivity index (χ0n) is 14.0. The molecular formula is C20H18N2O3. The Morgan fingerprint density at radius 1 is 1.04 bits per heavy atom. The van der Waals surface area contributed by atoms with Crippen LogP contribution in [0.2, 0.25) is 0 Å². The molecule has 0 amide bonds. The van der Waals surface area contributed by atoms with Gasteiger partial charge < -0.3 is 14.7 Å². The van der Waals surface area contributed by atoms with Gasteiger partial charge in [-0.25, -0.2) is 4.98 Å². The number of hydrogen-bond donors (Lipinski definition) is 1. The van der Waals surface area contributed by atoms with Crippen molar-refractivity contribution in [3.63, 3.8) is 0 Å². The Hall–Kier alpha value is -3.34. The van der Waals surface area contributed by atoms with E-state index in [1.54, 1.807) is 24.3 Å². The molecule has 0 unspecified atom stereocenters. The topological polar surface area (TPSA) is 62.7 Å². The van der Waals surface area contributed by atoms with Crippen molar-refractivity contribution < 1.29 is 14.6 Å². The van der Waals surface area contributed by atoms with Crippen LogP contribution in [0.1, 0.15) is 11.3 Å². The Morgan fingerprint density at radius 2 is 1.76 bits per heavy atom. The normalized spacial score (nSPS) is 11.0. The van der Waals surface area contributed by atoms with Crippen LogP contribution in [0.25, 0.3) is 23.1 Å². The minimum absolute atomic E-state index is 0.114. The number of para-hydroxylation sites is 1. The van der Waals surface area contributed by atoms with Gasteiger partial charge in [0.25, 0.3) is 6.47 Å². The molecule has 0 spiro atoms. The Kier molecular flexibility index (Phi) is 4.66. The number of anilines is 1. The van der Waals surface area contributed by atoms with Crippen LogP contribution in [0.4, 0.5) is 5.69 Å². The van der Waals surface area contributed by atoms with E-state index < -0.39 is 0 Å². The standard InChI is InChI=1S/C20H18N2O3/c1-22(2)15-10-7-14(8-11-15)9-12-18-19(24)20(25-13-23)16-5-3-4-6-17(16)21-18/h3-13,24H,1-2H3/b12-9+. The molecule has 5 heteroatoms. The van der Waals surface area contributed by atoms with E-state index in [1.165, 1.54) is 0 Å². The zero-order chi connectivity index (χ0) is 17.8. The molecule has 0 saturated carbocycles. The summed E-state index contributed by atoms with van der Waals surface area (Å²) in [6.07, 6.45) is 3.55. The van der Waals surface area contributed by atoms with Crippen LogP contribution in [-0.4, -0.2) is 30.7 Å². The highest BCUT2D eigenvalue weighted by Gasteiger charge is 2.14. The molecule has 25 heavy (non-hydrogen) atoms. The minimum Gasteiger partial charge on any atom is -0.503 e. The Bertz CT molecular complexity index is 932. The number of rotatable bonds is 5. The lowest BCUT2D eigenvalue weighted by Gasteiger charge is -2.12. The molecule has 0 saturated heterocycles. The van der Waals surface area contributed by atoms with E-state index in [2.05, 4.69) is 4.98 Å². The molecule has 0 fully saturated rings. The molecule has 0 aliphatic rings. The molecule has 0 aliphatic carbocycles. The number of nitrogens with zero attached hydrogens (tertiary/aromatic N) is 2. The van der Waals surface area contributed by atoms with Gasteiger partial charge in [-0.05, 0) is 35.9 Å². The van der Waals surface area contributed by atoms with Crippen LogP contribution in [0.3, 0.4) is 0 Å². The van der Waals surface area contributed by atoms with Crippen molar-refractivity contribution >= 4 is 35.2 Å². The highest BCUT2D eigenvalue weighted by molar-refractivity contribution is 5.91. The van der Waals surface area contributed by atoms with Crippen molar-refractivity contribution in [3.05, 3.63) is 59.8 Å². The Morgan fingerprint density at radius 3 is 2.44 bits per heavy atom. The molecule has 3 rings (SSSR count). The van der Waals surface area contributed by atoms with Gasteiger partial charge in [-0.2, -0.15) is 0 Å². The number of carbonyl (C=O) groups excluding carboxylic acids is 1. The Labute approximate surface area is 145 Å². The summed E-state index contributed by atoms with van der Waals surface area (Å²) in [5, 5.41) is 11.0. The van der Waals surface area contributed by atoms with Crippen LogP contribution in [0.5, 0.6) is 11.5 Å². The van der Waals surface area contributed by atoms with Gasteiger partial charge in [0.1, 0.15) is 5.69 Å². The maximum Gasteiger partial charge on any atom is 0.298 e. The molecule has 5 nitrogen and oxygen atoms in total. The first-order valence-electron chi connectivity index (χ1n) is 7.77. The van der Waals surface area contributed by atoms with Crippen molar-refractivity contribution in [3.8, 4) is 11.5 Å². The summed E-state index contributed by atoms with van der Waals surface area (Å²) >= 11 is 0. The first-order valence-corrected chi connectivity index (χ1v) is 7.77. The third kappa shape index (κ3) is 3.45. The fraction of sp³-hybridized carbons (Fsp3) is 0.100. The van der Waals surface area contributed by atoms with Gasteiger partial charge in [-0.15, -0.1) is 0 Å². The summed E-state index contributed by atoms with van der Waals surface area (Å²) < 4.78 is 4.97. The maximum absolute atomic E-state index is 10.8. The van der Waals surface area contributed by atoms with E-state index in [4.69, 9.17) is 4.74 Å². The van der Waals surface area contributed by atoms with Gasteiger partial charge >= 0.3 is 0 Å². The summed E-state index contributed by atoms with van der Waals surface area (Å²) in [4.78, 5) is 17.2. The van der Waals surface area contributed by atoms with E-state index in [9.17, 15) is 9.90 Å². The number of fused-ring (bicyclic) bond motifs is 1. The van der Waals surface area contributed by atoms with Gasteiger partial charge in [-0.3, -0.25) is 4.79 Å². The lowest BCUT2D eigenvalue weighted by molar-refractivity contribution is -0.120. The molecule has 0 aliphatic heterocycles. The lowest BCUT2D eigenvalue weighted by atomic mass is 10.1. The molecule has 3 aromatic rings. The van der Waals surface area contributed by atoms with Crippen molar-refractivity contribution in [1.82, 2.24) is 4.98 Å². The highest BCUT2D eigenvalue weighted by atomic mass is 16.5. The first-order chi connectivity index (χ1) is 12.1. The van der Waals surface area contributed by atoms with Crippen molar-refractivity contribution in [1.29, 1.82) is 0 Å². The molecule has 1 heterocycles. The number of ether oxygens (including phenoxy) is 1. The van der Waals surface area contributed by atoms with Gasteiger partial charge in [0, 0.05) is 25.2 Å². The molecule has 0 atom stereocenters. The highest BCUT2D eigenvalue weighted by Crippen LogP contribution is 2.36. The van der Waals surface area contributed by atoms with E-state index in [-0.39, 0.29) is 11.5 Å². The largest absolute Gasteiger partial charge is 0.503 e. The van der Waals surface area contributed by atoms with Crippen molar-refractivity contribution in [2.75, 3.05) is 19.0 Å². The Balaban J connectivity index is 2.00. The van der Waals surface area contributed by atoms with Crippen molar-refractivity contribution in [2.45, 2.75) is 0 Å². The third-order valence-corrected chi connectivity index (χ3v) is 3.86. The molecule has 1 N–H and O–H groups in total. The van der Waals surface area contributed by atoms with Gasteiger partial charge in [0.05, 0.1) is 5.52 Å². The van der Waals surface area contributed by atoms with Crippen LogP contribution < -0.4 is 9.64 Å². The molecule has 1 aromatic heterocycles. The van der Waals surface area contributed by atoms with Crippen LogP contribution >= 0.6 is 0 Å². The molecular weight excluding hydrogens is 316 g/mol. The van der Waals surface area contributed by atoms with E-state index in [0.717, 1.165) is 11.3 Å². The second kappa shape index (κ2) is 7.05. The summed E-state index contributed by atoms with van der Waals surface area (Å²) in [7, 11) is 3.97. The number of hydrogen-bond acceptors (Lipinski definition) is 5. The monoisotopic (exact) mass is 334 g/mol. The summed E-state index contributed by atoms with van der Waals surface area (Å²) in [6, 6.07) is 15.2. The van der Waals surface area contributed by atoms with E-state index in [0.29, 0.717) is 23.1 Å². The molecule has 0 radical (unpaired) electrons. The number of pyridine rings is 1. The van der Waals surface area contributed by atoms with Gasteiger partial charge in [0.2, 0.25) is 0 Å². The van der Waals surface area contributed by atoms with Crippen molar-refractivity contribution in [2.24, 2.45) is 0 Å². The molecule has 0 bridgehead atoms. The lowest BCUT2D eigenvalue weighted by Crippen LogP contribution is -2.07. The SMILES string of the molecule is CN(C)c1ccc(/C=C/c2nc3ccccc3c(OC=O)c2O)cc1. The smallest absolute Gasteiger partial charge is 0.298 e. The first kappa shape index (κ1) is 16.5. The predicted molar refractivity (Wildman–Crippen MR) is 99.8 cm³/mol. The number of carbonyl (C=O) groups is 1. The second-order valence-electron chi connectivity index (χ2n) is 5.73. The number of benzene rings is 2. The summed E-state index contributed by atoms with van der Waals surface area (Å²) in [5.74, 6) is -0.0461. The van der Waals surface area contributed by atoms with E-state index in [1.807, 2.05) is 55.4 Å². The van der Waals surface area contributed by atoms with E-state index >= 15 is 0 Å². The van der Waals surface area contributed by atoms with Gasteiger partial charge in [-0.1, -0.05) is 30.3 Å². The summed E-state index contributed by atoms with van der Waals surface area (Å²) in [6.45, 7) is 0.301. The van der Waals surface area contributed by atoms with Crippen LogP contribution in [-0.2, 0) is 4.79 Å². The average molecular weight is 334 g/mol.